The number of hydrogen-bond acceptors (Lipinski definition) is 3. The molecule has 0 amide bonds. The van der Waals surface area contributed by atoms with Gasteiger partial charge in [0.2, 0.25) is 0 Å². The summed E-state index contributed by atoms with van der Waals surface area (Å²) >= 11 is 0. The smallest absolute Gasteiger partial charge is 0.191 e. The Balaban J connectivity index is 0.00000280. The first-order chi connectivity index (χ1) is 13.2. The van der Waals surface area contributed by atoms with Gasteiger partial charge in [-0.25, -0.2) is 0 Å². The minimum absolute atomic E-state index is 0. The number of benzene rings is 1. The van der Waals surface area contributed by atoms with Gasteiger partial charge in [0.25, 0.3) is 0 Å². The minimum Gasteiger partial charge on any atom is -0.393 e. The lowest BCUT2D eigenvalue weighted by atomic mass is 9.89. The van der Waals surface area contributed by atoms with Crippen molar-refractivity contribution in [1.29, 1.82) is 0 Å². The van der Waals surface area contributed by atoms with Gasteiger partial charge < -0.3 is 20.5 Å². The van der Waals surface area contributed by atoms with Crippen LogP contribution in [0, 0.1) is 12.8 Å². The van der Waals surface area contributed by atoms with Crippen LogP contribution in [0.5, 0.6) is 0 Å². The maximum absolute atomic E-state index is 9.70. The lowest BCUT2D eigenvalue weighted by Crippen LogP contribution is -2.45. The molecule has 1 aliphatic carbocycles. The van der Waals surface area contributed by atoms with E-state index in [4.69, 9.17) is 9.73 Å². The predicted octanol–water partition coefficient (Wildman–Crippen LogP) is 3.94. The van der Waals surface area contributed by atoms with Crippen molar-refractivity contribution in [2.45, 2.75) is 70.6 Å². The van der Waals surface area contributed by atoms with Crippen molar-refractivity contribution in [2.75, 3.05) is 19.7 Å². The molecule has 0 radical (unpaired) electrons. The number of aryl methyl sites for hydroxylation is 1. The number of aliphatic imine (C=N–C) groups is 1. The molecule has 0 spiro atoms. The second kappa shape index (κ2) is 12.0. The van der Waals surface area contributed by atoms with Crippen molar-refractivity contribution in [3.8, 4) is 0 Å². The van der Waals surface area contributed by atoms with Crippen molar-refractivity contribution in [2.24, 2.45) is 10.9 Å². The van der Waals surface area contributed by atoms with E-state index in [0.717, 1.165) is 64.2 Å². The van der Waals surface area contributed by atoms with E-state index in [0.29, 0.717) is 12.0 Å². The van der Waals surface area contributed by atoms with Gasteiger partial charge in [0.1, 0.15) is 0 Å². The summed E-state index contributed by atoms with van der Waals surface area (Å²) in [5.41, 5.74) is 2.54. The fourth-order valence-corrected chi connectivity index (χ4v) is 4.10. The van der Waals surface area contributed by atoms with E-state index >= 15 is 0 Å². The van der Waals surface area contributed by atoms with Crippen LogP contribution in [-0.4, -0.2) is 42.9 Å². The molecule has 28 heavy (non-hydrogen) atoms. The quantitative estimate of drug-likeness (QED) is 0.325. The zero-order valence-electron chi connectivity index (χ0n) is 17.2. The summed E-state index contributed by atoms with van der Waals surface area (Å²) in [7, 11) is 0. The number of rotatable bonds is 5. The second-order valence-corrected chi connectivity index (χ2v) is 7.97. The Labute approximate surface area is 186 Å². The molecule has 1 aromatic rings. The first kappa shape index (κ1) is 23.4. The topological polar surface area (TPSA) is 65.9 Å². The van der Waals surface area contributed by atoms with Crippen LogP contribution in [0.3, 0.4) is 0 Å². The van der Waals surface area contributed by atoms with Crippen LogP contribution in [0.4, 0.5) is 0 Å². The molecule has 3 N–H and O–H groups in total. The molecule has 2 fully saturated rings. The molecule has 0 bridgehead atoms. The van der Waals surface area contributed by atoms with Crippen LogP contribution in [0.1, 0.15) is 62.7 Å². The van der Waals surface area contributed by atoms with Gasteiger partial charge >= 0.3 is 0 Å². The first-order valence-electron chi connectivity index (χ1n) is 10.6. The Morgan fingerprint density at radius 3 is 2.54 bits per heavy atom. The Morgan fingerprint density at radius 2 is 1.86 bits per heavy atom. The molecule has 3 rings (SSSR count). The standard InChI is InChI=1S/C22H35N3O2.HI/c1-3-23-22(25-19-10-12-20(26)13-11-19)24-15-18-5-4-14-27-21(18)17-8-6-16(2)7-9-17;/h6-9,18-21,26H,3-5,10-15H2,1-2H3,(H2,23,24,25);1H. The average Bonchev–Trinajstić information content (AvgIpc) is 2.69. The first-order valence-corrected chi connectivity index (χ1v) is 10.6. The van der Waals surface area contributed by atoms with E-state index in [1.165, 1.54) is 11.1 Å². The minimum atomic E-state index is -0.128. The van der Waals surface area contributed by atoms with E-state index in [9.17, 15) is 5.11 Å². The number of hydrogen-bond donors (Lipinski definition) is 3. The SMILES string of the molecule is CCNC(=NCC1CCCOC1c1ccc(C)cc1)NC1CCC(O)CC1.I. The van der Waals surface area contributed by atoms with Crippen LogP contribution >= 0.6 is 24.0 Å². The maximum atomic E-state index is 9.70. The van der Waals surface area contributed by atoms with Gasteiger partial charge in [-0.15, -0.1) is 24.0 Å². The number of aliphatic hydroxyl groups excluding tert-OH is 1. The second-order valence-electron chi connectivity index (χ2n) is 7.97. The highest BCUT2D eigenvalue weighted by atomic mass is 127. The van der Waals surface area contributed by atoms with Crippen molar-refractivity contribution in [3.63, 3.8) is 0 Å². The summed E-state index contributed by atoms with van der Waals surface area (Å²) in [4.78, 5) is 4.90. The third-order valence-electron chi connectivity index (χ3n) is 5.72. The monoisotopic (exact) mass is 501 g/mol. The van der Waals surface area contributed by atoms with Gasteiger partial charge in [-0.1, -0.05) is 29.8 Å². The maximum Gasteiger partial charge on any atom is 0.191 e. The van der Waals surface area contributed by atoms with Crippen LogP contribution in [0.15, 0.2) is 29.3 Å². The molecular formula is C22H36IN3O2. The van der Waals surface area contributed by atoms with Crippen molar-refractivity contribution in [1.82, 2.24) is 10.6 Å². The molecule has 2 aliphatic rings. The Morgan fingerprint density at radius 1 is 1.14 bits per heavy atom. The molecular weight excluding hydrogens is 465 g/mol. The van der Waals surface area contributed by atoms with E-state index in [2.05, 4.69) is 48.7 Å². The Kier molecular flexibility index (Phi) is 10.0. The molecule has 1 aromatic carbocycles. The zero-order chi connectivity index (χ0) is 19.1. The van der Waals surface area contributed by atoms with E-state index < -0.39 is 0 Å². The summed E-state index contributed by atoms with van der Waals surface area (Å²) in [6.45, 7) is 6.67. The lowest BCUT2D eigenvalue weighted by Gasteiger charge is -2.32. The van der Waals surface area contributed by atoms with Gasteiger partial charge in [-0.3, -0.25) is 4.99 Å². The Bertz CT molecular complexity index is 600. The summed E-state index contributed by atoms with van der Waals surface area (Å²) in [6, 6.07) is 9.12. The highest BCUT2D eigenvalue weighted by molar-refractivity contribution is 14.0. The number of guanidine groups is 1. The summed E-state index contributed by atoms with van der Waals surface area (Å²) < 4.78 is 6.13. The van der Waals surface area contributed by atoms with Crippen LogP contribution in [0.2, 0.25) is 0 Å². The number of nitrogens with zero attached hydrogens (tertiary/aromatic N) is 1. The van der Waals surface area contributed by atoms with Crippen molar-refractivity contribution < 1.29 is 9.84 Å². The fourth-order valence-electron chi connectivity index (χ4n) is 4.10. The average molecular weight is 501 g/mol. The van der Waals surface area contributed by atoms with E-state index in [-0.39, 0.29) is 36.2 Å². The van der Waals surface area contributed by atoms with Gasteiger partial charge in [0.05, 0.1) is 12.2 Å². The zero-order valence-corrected chi connectivity index (χ0v) is 19.5. The molecule has 1 saturated heterocycles. The van der Waals surface area contributed by atoms with E-state index in [1.54, 1.807) is 0 Å². The molecule has 1 aliphatic heterocycles. The number of nitrogens with one attached hydrogen (secondary N) is 2. The molecule has 1 saturated carbocycles. The van der Waals surface area contributed by atoms with Crippen LogP contribution in [0.25, 0.3) is 0 Å². The Hall–Kier alpha value is -0.860. The predicted molar refractivity (Wildman–Crippen MR) is 125 cm³/mol. The molecule has 2 atom stereocenters. The van der Waals surface area contributed by atoms with Gasteiger partial charge in [0.15, 0.2) is 5.96 Å². The summed E-state index contributed by atoms with van der Waals surface area (Å²) in [5.74, 6) is 1.30. The highest BCUT2D eigenvalue weighted by Crippen LogP contribution is 2.34. The molecule has 6 heteroatoms. The molecule has 158 valence electrons. The van der Waals surface area contributed by atoms with E-state index in [1.807, 2.05) is 0 Å². The van der Waals surface area contributed by atoms with Gasteiger partial charge in [0, 0.05) is 31.7 Å². The third-order valence-corrected chi connectivity index (χ3v) is 5.72. The normalized spacial score (nSPS) is 28.3. The van der Waals surface area contributed by atoms with Crippen LogP contribution in [-0.2, 0) is 4.74 Å². The van der Waals surface area contributed by atoms with Gasteiger partial charge in [-0.05, 0) is 57.9 Å². The van der Waals surface area contributed by atoms with Crippen LogP contribution < -0.4 is 10.6 Å². The summed E-state index contributed by atoms with van der Waals surface area (Å²) in [6.07, 6.45) is 6.03. The molecule has 5 nitrogen and oxygen atoms in total. The fraction of sp³-hybridized carbons (Fsp3) is 0.682. The number of halogens is 1. The van der Waals surface area contributed by atoms with Crippen molar-refractivity contribution in [3.05, 3.63) is 35.4 Å². The highest BCUT2D eigenvalue weighted by Gasteiger charge is 2.27. The summed E-state index contributed by atoms with van der Waals surface area (Å²) in [5, 5.41) is 16.6. The van der Waals surface area contributed by atoms with Gasteiger partial charge in [-0.2, -0.15) is 0 Å². The number of ether oxygens (including phenoxy) is 1. The number of aliphatic hydroxyl groups is 1. The third kappa shape index (κ3) is 6.88. The largest absolute Gasteiger partial charge is 0.393 e. The molecule has 0 aromatic heterocycles. The molecule has 2 unspecified atom stereocenters. The molecule has 1 heterocycles. The van der Waals surface area contributed by atoms with Crippen molar-refractivity contribution >= 4 is 29.9 Å². The lowest BCUT2D eigenvalue weighted by molar-refractivity contribution is -0.0250.